The third-order valence-corrected chi connectivity index (χ3v) is 4.06. The summed E-state index contributed by atoms with van der Waals surface area (Å²) in [4.78, 5) is 0. The number of hydrogen-bond acceptors (Lipinski definition) is 1. The normalized spacial score (nSPS) is 44.2. The molecule has 4 unspecified atom stereocenters. The molecule has 2 heteroatoms. The summed E-state index contributed by atoms with van der Waals surface area (Å²) in [5.41, 5.74) is 0. The van der Waals surface area contributed by atoms with Gasteiger partial charge in [0.2, 0.25) is 0 Å². The highest BCUT2D eigenvalue weighted by atomic mass is 32.2. The highest BCUT2D eigenvalue weighted by Crippen LogP contribution is 2.44. The van der Waals surface area contributed by atoms with Crippen LogP contribution in [-0.4, -0.2) is 19.4 Å². The van der Waals surface area contributed by atoms with Crippen LogP contribution in [0.5, 0.6) is 0 Å². The molecular formula is C9H15BS. The first-order valence-electron chi connectivity index (χ1n) is 4.11. The summed E-state index contributed by atoms with van der Waals surface area (Å²) in [6, 6.07) is 0. The lowest BCUT2D eigenvalue weighted by atomic mass is 9.80. The Labute approximate surface area is 75.2 Å². The standard InChI is InChI=1S/C9H15BS/c1-4-7-5-8(10)6(2)9(7)11-3/h4,6-9H,1,5H2,2-3H3. The zero-order chi connectivity index (χ0) is 8.43. The summed E-state index contributed by atoms with van der Waals surface area (Å²) in [6.45, 7) is 6.09. The Balaban J connectivity index is 2.64. The number of rotatable bonds is 2. The van der Waals surface area contributed by atoms with E-state index in [-0.39, 0.29) is 0 Å². The Hall–Kier alpha value is 0.155. The third kappa shape index (κ3) is 1.66. The lowest BCUT2D eigenvalue weighted by Crippen LogP contribution is -2.14. The van der Waals surface area contributed by atoms with E-state index >= 15 is 0 Å². The molecule has 0 aromatic heterocycles. The average molecular weight is 166 g/mol. The van der Waals surface area contributed by atoms with E-state index in [1.54, 1.807) is 0 Å². The Morgan fingerprint density at radius 2 is 2.27 bits per heavy atom. The van der Waals surface area contributed by atoms with Gasteiger partial charge in [-0.25, -0.2) is 0 Å². The highest BCUT2D eigenvalue weighted by Gasteiger charge is 2.35. The van der Waals surface area contributed by atoms with Crippen molar-refractivity contribution in [2.24, 2.45) is 11.8 Å². The zero-order valence-electron chi connectivity index (χ0n) is 7.29. The second kappa shape index (κ2) is 3.71. The Morgan fingerprint density at radius 1 is 1.64 bits per heavy atom. The van der Waals surface area contributed by atoms with Crippen molar-refractivity contribution in [3.05, 3.63) is 12.7 Å². The average Bonchev–Trinajstić information content (AvgIpc) is 2.28. The van der Waals surface area contributed by atoms with E-state index in [1.165, 1.54) is 0 Å². The van der Waals surface area contributed by atoms with Crippen molar-refractivity contribution >= 4 is 19.6 Å². The quantitative estimate of drug-likeness (QED) is 0.448. The summed E-state index contributed by atoms with van der Waals surface area (Å²) < 4.78 is 0. The minimum Gasteiger partial charge on any atom is -0.161 e. The van der Waals surface area contributed by atoms with E-state index in [1.807, 2.05) is 11.8 Å². The maximum atomic E-state index is 5.95. The molecule has 11 heavy (non-hydrogen) atoms. The second-order valence-electron chi connectivity index (χ2n) is 3.36. The van der Waals surface area contributed by atoms with Gasteiger partial charge in [0.15, 0.2) is 0 Å². The molecule has 2 radical (unpaired) electrons. The van der Waals surface area contributed by atoms with Gasteiger partial charge in [-0.2, -0.15) is 11.8 Å². The van der Waals surface area contributed by atoms with Crippen LogP contribution in [0.2, 0.25) is 5.82 Å². The van der Waals surface area contributed by atoms with E-state index in [4.69, 9.17) is 7.85 Å². The largest absolute Gasteiger partial charge is 0.161 e. The van der Waals surface area contributed by atoms with Crippen molar-refractivity contribution in [2.75, 3.05) is 6.26 Å². The molecule has 0 saturated heterocycles. The van der Waals surface area contributed by atoms with Crippen LogP contribution < -0.4 is 0 Å². The maximum absolute atomic E-state index is 5.95. The van der Waals surface area contributed by atoms with Crippen LogP contribution in [-0.2, 0) is 0 Å². The van der Waals surface area contributed by atoms with Gasteiger partial charge in [-0.3, -0.25) is 0 Å². The fourth-order valence-corrected chi connectivity index (χ4v) is 3.12. The fraction of sp³-hybridized carbons (Fsp3) is 0.778. The number of thioether (sulfide) groups is 1. The van der Waals surface area contributed by atoms with Crippen LogP contribution in [0.4, 0.5) is 0 Å². The minimum atomic E-state index is 0.385. The molecule has 1 rings (SSSR count). The lowest BCUT2D eigenvalue weighted by molar-refractivity contribution is 0.605. The smallest absolute Gasteiger partial charge is 0.0703 e. The van der Waals surface area contributed by atoms with Crippen LogP contribution in [0.1, 0.15) is 13.3 Å². The Morgan fingerprint density at radius 3 is 2.64 bits per heavy atom. The molecule has 0 spiro atoms. The van der Waals surface area contributed by atoms with Crippen LogP contribution in [0.15, 0.2) is 12.7 Å². The van der Waals surface area contributed by atoms with Gasteiger partial charge in [-0.15, -0.1) is 6.58 Å². The second-order valence-corrected chi connectivity index (χ2v) is 4.37. The predicted molar refractivity (Wildman–Crippen MR) is 54.3 cm³/mol. The summed E-state index contributed by atoms with van der Waals surface area (Å²) in [5.74, 6) is 1.67. The number of hydrogen-bond donors (Lipinski definition) is 0. The predicted octanol–water partition coefficient (Wildman–Crippen LogP) is 2.52. The van der Waals surface area contributed by atoms with Crippen molar-refractivity contribution in [2.45, 2.75) is 24.4 Å². The third-order valence-electron chi connectivity index (χ3n) is 2.73. The fourth-order valence-electron chi connectivity index (χ4n) is 1.92. The van der Waals surface area contributed by atoms with Crippen LogP contribution >= 0.6 is 11.8 Å². The number of allylic oxidation sites excluding steroid dienone is 1. The molecule has 0 heterocycles. The molecule has 1 aliphatic carbocycles. The molecular weight excluding hydrogens is 151 g/mol. The molecule has 0 N–H and O–H groups in total. The Kier molecular flexibility index (Phi) is 3.11. The van der Waals surface area contributed by atoms with E-state index in [0.29, 0.717) is 22.9 Å². The molecule has 0 nitrogen and oxygen atoms in total. The topological polar surface area (TPSA) is 0 Å². The first-order valence-corrected chi connectivity index (χ1v) is 5.40. The van der Waals surface area contributed by atoms with Gasteiger partial charge in [0, 0.05) is 5.25 Å². The van der Waals surface area contributed by atoms with Crippen LogP contribution in [0.25, 0.3) is 0 Å². The molecule has 0 aromatic rings. The van der Waals surface area contributed by atoms with E-state index in [9.17, 15) is 0 Å². The van der Waals surface area contributed by atoms with E-state index in [2.05, 4.69) is 25.8 Å². The van der Waals surface area contributed by atoms with Crippen molar-refractivity contribution in [1.82, 2.24) is 0 Å². The molecule has 1 saturated carbocycles. The van der Waals surface area contributed by atoms with Crippen molar-refractivity contribution in [3.63, 3.8) is 0 Å². The molecule has 0 aromatic carbocycles. The molecule has 0 aliphatic heterocycles. The van der Waals surface area contributed by atoms with Gasteiger partial charge in [-0.05, 0) is 18.1 Å². The minimum absolute atomic E-state index is 0.385. The molecule has 0 bridgehead atoms. The highest BCUT2D eigenvalue weighted by molar-refractivity contribution is 7.99. The first-order chi connectivity index (χ1) is 5.20. The van der Waals surface area contributed by atoms with Gasteiger partial charge in [0.05, 0.1) is 7.85 Å². The lowest BCUT2D eigenvalue weighted by Gasteiger charge is -2.18. The molecule has 1 fully saturated rings. The molecule has 4 atom stereocenters. The Bertz CT molecular complexity index is 146. The zero-order valence-corrected chi connectivity index (χ0v) is 8.10. The van der Waals surface area contributed by atoms with Gasteiger partial charge in [0.25, 0.3) is 0 Å². The van der Waals surface area contributed by atoms with Gasteiger partial charge in [-0.1, -0.05) is 25.2 Å². The van der Waals surface area contributed by atoms with Gasteiger partial charge in [0.1, 0.15) is 0 Å². The maximum Gasteiger partial charge on any atom is 0.0703 e. The van der Waals surface area contributed by atoms with Crippen LogP contribution in [0, 0.1) is 11.8 Å². The molecule has 0 amide bonds. The van der Waals surface area contributed by atoms with Crippen molar-refractivity contribution in [1.29, 1.82) is 0 Å². The van der Waals surface area contributed by atoms with Crippen molar-refractivity contribution < 1.29 is 0 Å². The summed E-state index contributed by atoms with van der Waals surface area (Å²) in [5, 5.41) is 0.697. The summed E-state index contributed by atoms with van der Waals surface area (Å²) >= 11 is 1.93. The molecule has 60 valence electrons. The van der Waals surface area contributed by atoms with E-state index < -0.39 is 0 Å². The van der Waals surface area contributed by atoms with E-state index in [0.717, 1.165) is 6.42 Å². The molecule has 1 aliphatic rings. The first kappa shape index (κ1) is 9.24. The van der Waals surface area contributed by atoms with Gasteiger partial charge < -0.3 is 0 Å². The monoisotopic (exact) mass is 166 g/mol. The van der Waals surface area contributed by atoms with Crippen LogP contribution in [0.3, 0.4) is 0 Å². The van der Waals surface area contributed by atoms with Gasteiger partial charge >= 0.3 is 0 Å². The summed E-state index contributed by atoms with van der Waals surface area (Å²) in [7, 11) is 5.95. The summed E-state index contributed by atoms with van der Waals surface area (Å²) in [6.07, 6.45) is 5.34. The van der Waals surface area contributed by atoms with Crippen molar-refractivity contribution in [3.8, 4) is 0 Å². The SMILES string of the molecule is [B]C1CC(C=C)C(SC)C1C.